The first-order chi connectivity index (χ1) is 11.6. The Kier molecular flexibility index (Phi) is 5.08. The summed E-state index contributed by atoms with van der Waals surface area (Å²) in [5.74, 6) is 2.04. The van der Waals surface area contributed by atoms with E-state index in [4.69, 9.17) is 4.74 Å². The molecule has 5 nitrogen and oxygen atoms in total. The first kappa shape index (κ1) is 16.4. The van der Waals surface area contributed by atoms with Crippen LogP contribution < -0.4 is 4.74 Å². The van der Waals surface area contributed by atoms with Crippen LogP contribution in [0.2, 0.25) is 0 Å². The fourth-order valence-electron chi connectivity index (χ4n) is 3.06. The number of nitrogens with zero attached hydrogens (tertiary/aromatic N) is 3. The molecule has 126 valence electrons. The highest BCUT2D eigenvalue weighted by molar-refractivity contribution is 5.76. The molecular weight excluding hydrogens is 302 g/mol. The van der Waals surface area contributed by atoms with Crippen LogP contribution in [-0.2, 0) is 4.79 Å². The van der Waals surface area contributed by atoms with E-state index in [2.05, 4.69) is 9.97 Å². The van der Waals surface area contributed by atoms with Crippen LogP contribution in [-0.4, -0.2) is 40.5 Å². The number of likely N-dealkylation sites (tertiary alicyclic amines) is 1. The molecule has 0 N–H and O–H groups in total. The van der Waals surface area contributed by atoms with Crippen LogP contribution >= 0.6 is 0 Å². The highest BCUT2D eigenvalue weighted by Gasteiger charge is 2.29. The van der Waals surface area contributed by atoms with Gasteiger partial charge in [0.05, 0.1) is 13.0 Å². The normalized spacial score (nSPS) is 17.1. The van der Waals surface area contributed by atoms with Gasteiger partial charge in [0.2, 0.25) is 5.91 Å². The van der Waals surface area contributed by atoms with E-state index in [-0.39, 0.29) is 11.8 Å². The average Bonchev–Trinajstić information content (AvgIpc) is 3.05. The smallest absolute Gasteiger partial charge is 0.226 e. The van der Waals surface area contributed by atoms with Crippen molar-refractivity contribution in [1.29, 1.82) is 0 Å². The Balaban J connectivity index is 1.50. The van der Waals surface area contributed by atoms with Crippen molar-refractivity contribution in [3.05, 3.63) is 53.6 Å². The number of hydrogen-bond donors (Lipinski definition) is 0. The van der Waals surface area contributed by atoms with Gasteiger partial charge in [-0.1, -0.05) is 18.2 Å². The van der Waals surface area contributed by atoms with Gasteiger partial charge in [-0.15, -0.1) is 0 Å². The number of aryl methyl sites for hydroxylation is 2. The van der Waals surface area contributed by atoms with Gasteiger partial charge in [-0.2, -0.15) is 0 Å². The van der Waals surface area contributed by atoms with Crippen molar-refractivity contribution in [2.45, 2.75) is 32.6 Å². The molecule has 1 aromatic carbocycles. The minimum Gasteiger partial charge on any atom is -0.493 e. The van der Waals surface area contributed by atoms with Crippen molar-refractivity contribution in [2.24, 2.45) is 0 Å². The summed E-state index contributed by atoms with van der Waals surface area (Å²) in [5, 5.41) is 0. The molecule has 5 heteroatoms. The van der Waals surface area contributed by atoms with E-state index in [1.54, 1.807) is 0 Å². The highest BCUT2D eigenvalue weighted by Crippen LogP contribution is 2.25. The van der Waals surface area contributed by atoms with Crippen LogP contribution in [0.4, 0.5) is 0 Å². The minimum absolute atomic E-state index is 0.137. The van der Waals surface area contributed by atoms with Gasteiger partial charge >= 0.3 is 0 Å². The number of aromatic nitrogens is 2. The van der Waals surface area contributed by atoms with Crippen LogP contribution in [0.25, 0.3) is 0 Å². The number of ether oxygens (including phenoxy) is 1. The standard InChI is InChI=1S/C19H23N3O2/c1-14-12-15(2)21-19(20-14)16-8-10-22(13-16)18(23)9-11-24-17-6-4-3-5-7-17/h3-7,12,16H,8-11,13H2,1-2H3/t16-/m1/s1. The molecule has 0 spiro atoms. The molecule has 1 amide bonds. The molecule has 0 unspecified atom stereocenters. The summed E-state index contributed by atoms with van der Waals surface area (Å²) >= 11 is 0. The molecule has 0 aliphatic carbocycles. The van der Waals surface area contributed by atoms with Gasteiger partial charge in [-0.05, 0) is 38.5 Å². The summed E-state index contributed by atoms with van der Waals surface area (Å²) < 4.78 is 5.61. The molecule has 0 radical (unpaired) electrons. The zero-order chi connectivity index (χ0) is 16.9. The predicted octanol–water partition coefficient (Wildman–Crippen LogP) is 2.88. The first-order valence-corrected chi connectivity index (χ1v) is 8.39. The SMILES string of the molecule is Cc1cc(C)nc([C@@H]2CCN(C(=O)CCOc3ccccc3)C2)n1. The third-order valence-corrected chi connectivity index (χ3v) is 4.23. The minimum atomic E-state index is 0.137. The van der Waals surface area contributed by atoms with E-state index in [1.807, 2.05) is 55.1 Å². The Morgan fingerprint density at radius 1 is 1.21 bits per heavy atom. The van der Waals surface area contributed by atoms with Gasteiger partial charge < -0.3 is 9.64 Å². The highest BCUT2D eigenvalue weighted by atomic mass is 16.5. The first-order valence-electron chi connectivity index (χ1n) is 8.39. The van der Waals surface area contributed by atoms with Crippen LogP contribution in [0.3, 0.4) is 0 Å². The number of benzene rings is 1. The second-order valence-electron chi connectivity index (χ2n) is 6.25. The van der Waals surface area contributed by atoms with E-state index in [0.29, 0.717) is 19.6 Å². The van der Waals surface area contributed by atoms with Crippen molar-refractivity contribution >= 4 is 5.91 Å². The molecule has 1 aromatic heterocycles. The molecule has 1 atom stereocenters. The summed E-state index contributed by atoms with van der Waals surface area (Å²) in [6.07, 6.45) is 1.32. The number of carbonyl (C=O) groups excluding carboxylic acids is 1. The molecule has 0 saturated carbocycles. The molecule has 1 aliphatic heterocycles. The lowest BCUT2D eigenvalue weighted by Crippen LogP contribution is -2.29. The van der Waals surface area contributed by atoms with Gasteiger partial charge in [0, 0.05) is 30.4 Å². The molecule has 1 aliphatic rings. The Morgan fingerprint density at radius 2 is 1.92 bits per heavy atom. The number of carbonyl (C=O) groups is 1. The Labute approximate surface area is 142 Å². The second kappa shape index (κ2) is 7.43. The summed E-state index contributed by atoms with van der Waals surface area (Å²) in [6.45, 7) is 5.84. The van der Waals surface area contributed by atoms with Gasteiger partial charge in [0.25, 0.3) is 0 Å². The summed E-state index contributed by atoms with van der Waals surface area (Å²) in [7, 11) is 0. The van der Waals surface area contributed by atoms with Crippen molar-refractivity contribution in [3.8, 4) is 5.75 Å². The van der Waals surface area contributed by atoms with Crippen LogP contribution in [0.15, 0.2) is 36.4 Å². The average molecular weight is 325 g/mol. The number of rotatable bonds is 5. The van der Waals surface area contributed by atoms with E-state index in [9.17, 15) is 4.79 Å². The molecule has 2 aromatic rings. The monoisotopic (exact) mass is 325 g/mol. The molecule has 24 heavy (non-hydrogen) atoms. The summed E-state index contributed by atoms with van der Waals surface area (Å²) in [5.41, 5.74) is 1.97. The molecule has 0 bridgehead atoms. The quantitative estimate of drug-likeness (QED) is 0.848. The molecular formula is C19H23N3O2. The second-order valence-corrected chi connectivity index (χ2v) is 6.25. The molecule has 3 rings (SSSR count). The van der Waals surface area contributed by atoms with E-state index >= 15 is 0 Å². The Bertz CT molecular complexity index is 683. The maximum absolute atomic E-state index is 12.4. The lowest BCUT2D eigenvalue weighted by molar-refractivity contribution is -0.130. The fourth-order valence-corrected chi connectivity index (χ4v) is 3.06. The Morgan fingerprint density at radius 3 is 2.62 bits per heavy atom. The predicted molar refractivity (Wildman–Crippen MR) is 92.0 cm³/mol. The van der Waals surface area contributed by atoms with Crippen LogP contribution in [0.5, 0.6) is 5.75 Å². The lowest BCUT2D eigenvalue weighted by atomic mass is 10.1. The lowest BCUT2D eigenvalue weighted by Gasteiger charge is -2.16. The van der Waals surface area contributed by atoms with Crippen molar-refractivity contribution in [1.82, 2.24) is 14.9 Å². The number of amides is 1. The maximum atomic E-state index is 12.4. The van der Waals surface area contributed by atoms with Crippen molar-refractivity contribution in [2.75, 3.05) is 19.7 Å². The van der Waals surface area contributed by atoms with E-state index in [1.165, 1.54) is 0 Å². The third-order valence-electron chi connectivity index (χ3n) is 4.23. The topological polar surface area (TPSA) is 55.3 Å². The fraction of sp³-hybridized carbons (Fsp3) is 0.421. The van der Waals surface area contributed by atoms with Crippen molar-refractivity contribution < 1.29 is 9.53 Å². The number of para-hydroxylation sites is 1. The van der Waals surface area contributed by atoms with Crippen molar-refractivity contribution in [3.63, 3.8) is 0 Å². The number of hydrogen-bond acceptors (Lipinski definition) is 4. The largest absolute Gasteiger partial charge is 0.493 e. The van der Waals surface area contributed by atoms with E-state index < -0.39 is 0 Å². The van der Waals surface area contributed by atoms with Gasteiger partial charge in [-0.3, -0.25) is 4.79 Å². The Hall–Kier alpha value is -2.43. The molecule has 2 heterocycles. The molecule has 1 saturated heterocycles. The maximum Gasteiger partial charge on any atom is 0.226 e. The zero-order valence-electron chi connectivity index (χ0n) is 14.2. The zero-order valence-corrected chi connectivity index (χ0v) is 14.2. The van der Waals surface area contributed by atoms with Gasteiger partial charge in [0.1, 0.15) is 11.6 Å². The van der Waals surface area contributed by atoms with E-state index in [0.717, 1.165) is 35.9 Å². The third kappa shape index (κ3) is 4.10. The summed E-state index contributed by atoms with van der Waals surface area (Å²) in [4.78, 5) is 23.3. The summed E-state index contributed by atoms with van der Waals surface area (Å²) in [6, 6.07) is 11.6. The van der Waals surface area contributed by atoms with Gasteiger partial charge in [0.15, 0.2) is 0 Å². The van der Waals surface area contributed by atoms with Crippen LogP contribution in [0, 0.1) is 13.8 Å². The molecule has 1 fully saturated rings. The van der Waals surface area contributed by atoms with Gasteiger partial charge in [-0.25, -0.2) is 9.97 Å². The van der Waals surface area contributed by atoms with Crippen LogP contribution in [0.1, 0.15) is 36.0 Å².